The Hall–Kier alpha value is -4.90. The van der Waals surface area contributed by atoms with Gasteiger partial charge in [0.2, 0.25) is 33.9 Å². The number of halogens is 1. The van der Waals surface area contributed by atoms with E-state index in [1.165, 1.54) is 73.8 Å². The molecule has 0 unspecified atom stereocenters. The second kappa shape index (κ2) is 22.3. The SMILES string of the molecule is CCN(Cc1cccc(S(=O)(=O)[O-])c1)c1ccc2nc3ccc(Nc4ccc(Nc5nc(Cl)nc(Nc6cccc(P(=O)(O)O)c6)n5)cc4S(=O)(=O)[O-])cc3[n+](-c3ccc(OC)c(S(=O)(=O)[O-])c3)c2c1.[Na+].[Na+]. The van der Waals surface area contributed by atoms with Crippen LogP contribution in [0.25, 0.3) is 27.8 Å². The molecule has 0 aliphatic heterocycles. The molecule has 0 amide bonds. The minimum absolute atomic E-state index is 0. The minimum atomic E-state index is -5.21. The van der Waals surface area contributed by atoms with Crippen LogP contribution in [0.3, 0.4) is 0 Å². The molecule has 362 valence electrons. The first kappa shape index (κ1) is 56.4. The first-order valence-electron chi connectivity index (χ1n) is 20.2. The van der Waals surface area contributed by atoms with E-state index in [-0.39, 0.29) is 122 Å². The van der Waals surface area contributed by atoms with Crippen LogP contribution < -0.4 is 94.6 Å². The van der Waals surface area contributed by atoms with Crippen molar-refractivity contribution in [2.45, 2.75) is 28.2 Å². The molecule has 8 aromatic rings. The molecule has 0 atom stereocenters. The Balaban J connectivity index is 0.00000423. The van der Waals surface area contributed by atoms with Crippen LogP contribution in [0.1, 0.15) is 12.5 Å². The molecule has 5 N–H and O–H groups in total. The van der Waals surface area contributed by atoms with Crippen molar-refractivity contribution in [2.75, 3.05) is 34.5 Å². The van der Waals surface area contributed by atoms with Crippen molar-refractivity contribution < 1.29 is 122 Å². The van der Waals surface area contributed by atoms with Crippen molar-refractivity contribution in [3.05, 3.63) is 132 Å². The molecule has 2 heterocycles. The van der Waals surface area contributed by atoms with E-state index in [1.807, 2.05) is 11.8 Å². The summed E-state index contributed by atoms with van der Waals surface area (Å²) in [5, 5.41) is 7.91. The fourth-order valence-corrected chi connectivity index (χ4v) is 9.96. The average Bonchev–Trinajstić information content (AvgIpc) is 3.29. The number of hydrogen-bond donors (Lipinski definition) is 5. The molecule has 72 heavy (non-hydrogen) atoms. The standard InChI is InChI=1S/C43H37ClN9O13PS3.2Na/c1-3-52(24-25-6-4-9-32(18-25)68(57,58)59)29-12-16-34-37(22-29)53(30-13-17-38(66-2)40(23-30)70(63,64)65)36-20-27(10-14-33(36)48-34)45-35-15-11-28(21-39(35)69(60,61)62)47-43-50-41(44)49-42(51-43)46-26-7-5-8-31(19-26)67(54,55)56;;/h4-23H,3,24H2,1-2H3,(H7,46,47,48,49,50,51,54,55,56,57,58,59,60,61,62,63,64,65);;/q;2*+1/p-2. The summed E-state index contributed by atoms with van der Waals surface area (Å²) >= 11 is 6.14. The summed E-state index contributed by atoms with van der Waals surface area (Å²) in [7, 11) is -18.4. The average molecular weight is 1090 g/mol. The topological polar surface area (TPSA) is 333 Å². The quantitative estimate of drug-likeness (QED) is 0.0262. The maximum atomic E-state index is 12.8. The number of nitrogens with zero attached hydrogens (tertiary/aromatic N) is 6. The predicted octanol–water partition coefficient (Wildman–Crippen LogP) is -0.708. The van der Waals surface area contributed by atoms with Crippen LogP contribution in [0.2, 0.25) is 5.28 Å². The van der Waals surface area contributed by atoms with E-state index < -0.39 is 52.6 Å². The van der Waals surface area contributed by atoms with Gasteiger partial charge in [0.05, 0.1) is 27.9 Å². The Labute approximate surface area is 460 Å². The molecule has 0 bridgehead atoms. The van der Waals surface area contributed by atoms with E-state index in [2.05, 4.69) is 30.9 Å². The third-order valence-electron chi connectivity index (χ3n) is 10.5. The molecule has 0 aliphatic carbocycles. The first-order chi connectivity index (χ1) is 33.0. The van der Waals surface area contributed by atoms with Gasteiger partial charge < -0.3 is 49.0 Å². The number of rotatable bonds is 16. The van der Waals surface area contributed by atoms with Crippen molar-refractivity contribution in [2.24, 2.45) is 0 Å². The number of anilines is 7. The molecule has 6 aromatic carbocycles. The third kappa shape index (κ3) is 13.1. The van der Waals surface area contributed by atoms with Crippen LogP contribution >= 0.6 is 19.2 Å². The van der Waals surface area contributed by atoms with Gasteiger partial charge in [-0.2, -0.15) is 15.0 Å². The molecular formula is C43H35ClN9Na2O13PS3. The van der Waals surface area contributed by atoms with Crippen LogP contribution in [0.15, 0.2) is 136 Å². The molecule has 2 aromatic heterocycles. The van der Waals surface area contributed by atoms with E-state index in [0.29, 0.717) is 39.9 Å². The summed E-state index contributed by atoms with van der Waals surface area (Å²) in [6.45, 7) is 2.42. The Morgan fingerprint density at radius 2 is 1.28 bits per heavy atom. The summed E-state index contributed by atoms with van der Waals surface area (Å²) in [6, 6.07) is 28.5. The number of methoxy groups -OCH3 is 1. The molecule has 22 nitrogen and oxygen atoms in total. The normalized spacial score (nSPS) is 11.9. The van der Waals surface area contributed by atoms with Crippen LogP contribution in [0.4, 0.5) is 40.3 Å². The van der Waals surface area contributed by atoms with Crippen molar-refractivity contribution in [1.82, 2.24) is 19.9 Å². The zero-order valence-corrected chi connectivity index (χ0v) is 46.2. The molecule has 8 rings (SSSR count). The summed E-state index contributed by atoms with van der Waals surface area (Å²) < 4.78 is 130. The van der Waals surface area contributed by atoms with Crippen LogP contribution in [0.5, 0.6) is 5.75 Å². The number of hydrogen-bond acceptors (Lipinski definition) is 19. The molecule has 0 spiro atoms. The van der Waals surface area contributed by atoms with Gasteiger partial charge in [0.1, 0.15) is 52.0 Å². The third-order valence-corrected chi connectivity index (χ3v) is 14.2. The first-order valence-corrected chi connectivity index (χ1v) is 26.4. The second-order valence-electron chi connectivity index (χ2n) is 15.1. The Kier molecular flexibility index (Phi) is 17.5. The van der Waals surface area contributed by atoms with E-state index in [0.717, 1.165) is 12.1 Å². The van der Waals surface area contributed by atoms with Crippen LogP contribution in [-0.2, 0) is 41.5 Å². The smallest absolute Gasteiger partial charge is 0.744 e. The van der Waals surface area contributed by atoms with Crippen molar-refractivity contribution in [3.8, 4) is 11.4 Å². The monoisotopic (exact) mass is 1090 g/mol. The zero-order valence-electron chi connectivity index (χ0n) is 38.1. The largest absolute Gasteiger partial charge is 1.00 e. The van der Waals surface area contributed by atoms with Crippen molar-refractivity contribution in [1.29, 1.82) is 0 Å². The Bertz CT molecular complexity index is 3810. The van der Waals surface area contributed by atoms with Gasteiger partial charge in [-0.25, -0.2) is 30.2 Å². The summed E-state index contributed by atoms with van der Waals surface area (Å²) in [5.41, 5.74) is 3.02. The molecule has 29 heteroatoms. The molecule has 0 radical (unpaired) electrons. The molecule has 0 aliphatic rings. The van der Waals surface area contributed by atoms with Gasteiger partial charge in [-0.3, -0.25) is 4.57 Å². The van der Waals surface area contributed by atoms with Gasteiger partial charge in [-0.1, -0.05) is 18.2 Å². The van der Waals surface area contributed by atoms with E-state index in [1.54, 1.807) is 47.0 Å². The van der Waals surface area contributed by atoms with E-state index in [4.69, 9.17) is 21.3 Å². The minimum Gasteiger partial charge on any atom is -0.744 e. The second-order valence-corrected chi connectivity index (χ2v) is 21.1. The summed E-state index contributed by atoms with van der Waals surface area (Å²) in [5.74, 6) is -0.573. The van der Waals surface area contributed by atoms with Gasteiger partial charge in [-0.15, -0.1) is 4.57 Å². The van der Waals surface area contributed by atoms with Crippen molar-refractivity contribution in [3.63, 3.8) is 0 Å². The maximum absolute atomic E-state index is 12.8. The van der Waals surface area contributed by atoms with Crippen molar-refractivity contribution >= 4 is 117 Å². The van der Waals surface area contributed by atoms with Gasteiger partial charge in [0.25, 0.3) is 0 Å². The molecule has 0 saturated heterocycles. The van der Waals surface area contributed by atoms with E-state index in [9.17, 15) is 53.3 Å². The fraction of sp³-hybridized carbons (Fsp3) is 0.0930. The molecule has 0 fully saturated rings. The van der Waals surface area contributed by atoms with Gasteiger partial charge in [-0.05, 0) is 103 Å². The Morgan fingerprint density at radius 3 is 1.90 bits per heavy atom. The van der Waals surface area contributed by atoms with Gasteiger partial charge in [0, 0.05) is 60.1 Å². The zero-order chi connectivity index (χ0) is 50.3. The molecule has 0 saturated carbocycles. The fourth-order valence-electron chi connectivity index (χ4n) is 7.35. The number of aromatic nitrogens is 5. The number of ether oxygens (including phenoxy) is 1. The number of benzene rings is 6. The molecular weight excluding hydrogens is 1060 g/mol. The summed E-state index contributed by atoms with van der Waals surface area (Å²) in [4.78, 5) is 36.3. The van der Waals surface area contributed by atoms with Gasteiger partial charge in [0.15, 0.2) is 0 Å². The Morgan fingerprint density at radius 1 is 0.667 bits per heavy atom. The number of nitrogens with one attached hydrogen (secondary N) is 3. The number of fused-ring (bicyclic) bond motifs is 2. The predicted molar refractivity (Wildman–Crippen MR) is 254 cm³/mol. The van der Waals surface area contributed by atoms with Crippen LogP contribution in [0, 0.1) is 0 Å². The van der Waals surface area contributed by atoms with Gasteiger partial charge >= 0.3 is 66.7 Å². The maximum Gasteiger partial charge on any atom is 1.00 e. The summed E-state index contributed by atoms with van der Waals surface area (Å²) in [6.07, 6.45) is 0. The van der Waals surface area contributed by atoms with E-state index >= 15 is 0 Å². The van der Waals surface area contributed by atoms with Crippen LogP contribution in [-0.4, -0.2) is 82.3 Å².